The molecule has 0 saturated heterocycles. The summed E-state index contributed by atoms with van der Waals surface area (Å²) in [6.45, 7) is 2.02. The molecule has 0 saturated carbocycles. The summed E-state index contributed by atoms with van der Waals surface area (Å²) in [6, 6.07) is 11.3. The fourth-order valence-corrected chi connectivity index (χ4v) is 2.67. The third-order valence-corrected chi connectivity index (χ3v) is 3.91. The van der Waals surface area contributed by atoms with Gasteiger partial charge in [-0.05, 0) is 24.6 Å². The van der Waals surface area contributed by atoms with Gasteiger partial charge in [-0.2, -0.15) is 0 Å². The highest BCUT2D eigenvalue weighted by atomic mass is 32.2. The lowest BCUT2D eigenvalue weighted by molar-refractivity contribution is 0.600. The van der Waals surface area contributed by atoms with Crippen LogP contribution in [0.5, 0.6) is 0 Å². The Hall–Kier alpha value is -1.68. The highest BCUT2D eigenvalue weighted by Crippen LogP contribution is 2.17. The second-order valence-corrected chi connectivity index (χ2v) is 6.37. The van der Waals surface area contributed by atoms with E-state index in [1.807, 2.05) is 31.2 Å². The Morgan fingerprint density at radius 3 is 2.39 bits per heavy atom. The van der Waals surface area contributed by atoms with E-state index in [2.05, 4.69) is 4.98 Å². The molecule has 0 bridgehead atoms. The van der Waals surface area contributed by atoms with Crippen molar-refractivity contribution in [1.82, 2.24) is 4.98 Å². The number of nitrogens with zero attached hydrogens (tertiary/aromatic N) is 1. The van der Waals surface area contributed by atoms with Gasteiger partial charge in [0.25, 0.3) is 0 Å². The van der Waals surface area contributed by atoms with Crippen molar-refractivity contribution in [1.29, 1.82) is 0 Å². The molecule has 1 heterocycles. The molecule has 1 aromatic heterocycles. The Morgan fingerprint density at radius 1 is 1.11 bits per heavy atom. The minimum Gasteiger partial charge on any atom is -0.260 e. The highest BCUT2D eigenvalue weighted by Gasteiger charge is 2.13. The van der Waals surface area contributed by atoms with E-state index in [-0.39, 0.29) is 0 Å². The van der Waals surface area contributed by atoms with Crippen LogP contribution in [0.2, 0.25) is 0 Å². The fourth-order valence-electron chi connectivity index (χ4n) is 1.79. The summed E-state index contributed by atoms with van der Waals surface area (Å²) in [4.78, 5) is 4.49. The molecule has 0 radical (unpaired) electrons. The summed E-state index contributed by atoms with van der Waals surface area (Å²) in [7, 11) is -3.22. The van der Waals surface area contributed by atoms with Gasteiger partial charge in [0.05, 0.1) is 10.6 Å². The smallest absolute Gasteiger partial charge is 0.177 e. The third kappa shape index (κ3) is 2.96. The number of rotatable bonds is 3. The molecule has 0 aliphatic heterocycles. The minimum atomic E-state index is -3.22. The van der Waals surface area contributed by atoms with Gasteiger partial charge in [0.15, 0.2) is 9.84 Å². The van der Waals surface area contributed by atoms with Gasteiger partial charge >= 0.3 is 0 Å². The number of aromatic nitrogens is 1. The van der Waals surface area contributed by atoms with E-state index in [0.29, 0.717) is 17.0 Å². The van der Waals surface area contributed by atoms with Crippen molar-refractivity contribution in [2.75, 3.05) is 6.26 Å². The highest BCUT2D eigenvalue weighted by molar-refractivity contribution is 7.90. The molecule has 0 spiro atoms. The van der Waals surface area contributed by atoms with Crippen molar-refractivity contribution >= 4 is 9.84 Å². The molecule has 94 valence electrons. The van der Waals surface area contributed by atoms with Crippen molar-refractivity contribution in [3.8, 4) is 0 Å². The molecule has 0 aliphatic rings. The Balaban J connectivity index is 2.38. The predicted octanol–water partition coefficient (Wildman–Crippen LogP) is 2.38. The Labute approximate surface area is 107 Å². The average Bonchev–Trinajstić information content (AvgIpc) is 2.31. The summed E-state index contributed by atoms with van der Waals surface area (Å²) in [5.74, 6) is 0. The molecule has 0 unspecified atom stereocenters. The predicted molar refractivity (Wildman–Crippen MR) is 71.3 cm³/mol. The summed E-state index contributed by atoms with van der Waals surface area (Å²) >= 11 is 0. The maximum Gasteiger partial charge on any atom is 0.177 e. The SMILES string of the molecule is Cc1ccc(Cc2ncccc2S(C)(=O)=O)cc1. The number of pyridine rings is 1. The number of aryl methyl sites for hydroxylation is 1. The first-order valence-electron chi connectivity index (χ1n) is 5.66. The Kier molecular flexibility index (Phi) is 3.48. The van der Waals surface area contributed by atoms with Crippen LogP contribution in [-0.4, -0.2) is 19.7 Å². The summed E-state index contributed by atoms with van der Waals surface area (Å²) in [5, 5.41) is 0. The zero-order chi connectivity index (χ0) is 13.2. The average molecular weight is 261 g/mol. The summed E-state index contributed by atoms with van der Waals surface area (Å²) in [6.07, 6.45) is 3.37. The fraction of sp³-hybridized carbons (Fsp3) is 0.214. The second-order valence-electron chi connectivity index (χ2n) is 4.38. The van der Waals surface area contributed by atoms with Crippen molar-refractivity contribution in [2.24, 2.45) is 0 Å². The molecular weight excluding hydrogens is 246 g/mol. The quantitative estimate of drug-likeness (QED) is 0.852. The normalized spacial score (nSPS) is 11.4. The van der Waals surface area contributed by atoms with Crippen LogP contribution in [0.15, 0.2) is 47.5 Å². The first-order chi connectivity index (χ1) is 8.47. The Morgan fingerprint density at radius 2 is 1.78 bits per heavy atom. The summed E-state index contributed by atoms with van der Waals surface area (Å²) < 4.78 is 23.3. The molecule has 0 N–H and O–H groups in total. The zero-order valence-electron chi connectivity index (χ0n) is 10.4. The second kappa shape index (κ2) is 4.90. The molecule has 3 nitrogen and oxygen atoms in total. The summed E-state index contributed by atoms with van der Waals surface area (Å²) in [5.41, 5.74) is 2.84. The topological polar surface area (TPSA) is 47.0 Å². The van der Waals surface area contributed by atoms with Gasteiger partial charge in [0, 0.05) is 18.9 Å². The van der Waals surface area contributed by atoms with Crippen LogP contribution in [0.4, 0.5) is 0 Å². The van der Waals surface area contributed by atoms with Crippen molar-refractivity contribution in [3.63, 3.8) is 0 Å². The number of hydrogen-bond acceptors (Lipinski definition) is 3. The minimum absolute atomic E-state index is 0.311. The van der Waals surface area contributed by atoms with Crippen LogP contribution < -0.4 is 0 Å². The van der Waals surface area contributed by atoms with E-state index in [4.69, 9.17) is 0 Å². The maximum absolute atomic E-state index is 11.7. The van der Waals surface area contributed by atoms with Crippen molar-refractivity contribution in [2.45, 2.75) is 18.2 Å². The first-order valence-corrected chi connectivity index (χ1v) is 7.55. The van der Waals surface area contributed by atoms with Gasteiger partial charge < -0.3 is 0 Å². The van der Waals surface area contributed by atoms with E-state index < -0.39 is 9.84 Å². The molecule has 0 fully saturated rings. The monoisotopic (exact) mass is 261 g/mol. The molecular formula is C14H15NO2S. The van der Waals surface area contributed by atoms with Crippen LogP contribution in [0.3, 0.4) is 0 Å². The van der Waals surface area contributed by atoms with Crippen LogP contribution in [0.1, 0.15) is 16.8 Å². The van der Waals surface area contributed by atoms with E-state index in [0.717, 1.165) is 5.56 Å². The van der Waals surface area contributed by atoms with Crippen molar-refractivity contribution < 1.29 is 8.42 Å². The molecule has 1 aromatic carbocycles. The van der Waals surface area contributed by atoms with Gasteiger partial charge in [-0.3, -0.25) is 4.98 Å². The van der Waals surface area contributed by atoms with Crippen LogP contribution in [0.25, 0.3) is 0 Å². The van der Waals surface area contributed by atoms with Crippen LogP contribution in [0, 0.1) is 6.92 Å². The molecule has 2 rings (SSSR count). The van der Waals surface area contributed by atoms with Crippen molar-refractivity contribution in [3.05, 3.63) is 59.4 Å². The van der Waals surface area contributed by atoms with Gasteiger partial charge in [-0.15, -0.1) is 0 Å². The maximum atomic E-state index is 11.7. The molecule has 0 atom stereocenters. The van der Waals surface area contributed by atoms with Gasteiger partial charge in [0.1, 0.15) is 0 Å². The number of sulfone groups is 1. The third-order valence-electron chi connectivity index (χ3n) is 2.74. The zero-order valence-corrected chi connectivity index (χ0v) is 11.2. The van der Waals surface area contributed by atoms with E-state index in [1.165, 1.54) is 11.8 Å². The lowest BCUT2D eigenvalue weighted by Gasteiger charge is -2.07. The van der Waals surface area contributed by atoms with Crippen LogP contribution in [-0.2, 0) is 16.3 Å². The van der Waals surface area contributed by atoms with Crippen LogP contribution >= 0.6 is 0 Å². The molecule has 0 amide bonds. The Bertz CT molecular complexity index is 646. The first kappa shape index (κ1) is 12.8. The molecule has 2 aromatic rings. The number of benzene rings is 1. The van der Waals surface area contributed by atoms with E-state index in [1.54, 1.807) is 18.3 Å². The standard InChI is InChI=1S/C14H15NO2S/c1-11-5-7-12(8-6-11)10-13-14(18(2,16)17)4-3-9-15-13/h3-9H,10H2,1-2H3. The van der Waals surface area contributed by atoms with E-state index >= 15 is 0 Å². The molecule has 4 heteroatoms. The lowest BCUT2D eigenvalue weighted by atomic mass is 10.1. The lowest BCUT2D eigenvalue weighted by Crippen LogP contribution is -2.05. The van der Waals surface area contributed by atoms with E-state index in [9.17, 15) is 8.42 Å². The van der Waals surface area contributed by atoms with Gasteiger partial charge in [0.2, 0.25) is 0 Å². The largest absolute Gasteiger partial charge is 0.260 e. The molecule has 18 heavy (non-hydrogen) atoms. The van der Waals surface area contributed by atoms with Gasteiger partial charge in [-0.1, -0.05) is 29.8 Å². The van der Waals surface area contributed by atoms with Gasteiger partial charge in [-0.25, -0.2) is 8.42 Å². The number of hydrogen-bond donors (Lipinski definition) is 0. The molecule has 0 aliphatic carbocycles.